The zero-order chi connectivity index (χ0) is 14.8. The van der Waals surface area contributed by atoms with E-state index in [1.54, 1.807) is 24.3 Å². The molecule has 0 spiro atoms. The van der Waals surface area contributed by atoms with E-state index in [2.05, 4.69) is 17.5 Å². The zero-order valence-corrected chi connectivity index (χ0v) is 12.4. The monoisotopic (exact) mass is 324 g/mol. The third-order valence-electron chi connectivity index (χ3n) is 3.80. The van der Waals surface area contributed by atoms with Gasteiger partial charge >= 0.3 is 0 Å². The Morgan fingerprint density at radius 1 is 0.636 bits per heavy atom. The van der Waals surface area contributed by atoms with Gasteiger partial charge in [0.2, 0.25) is 0 Å². The van der Waals surface area contributed by atoms with Gasteiger partial charge in [-0.15, -0.1) is 0 Å². The van der Waals surface area contributed by atoms with Crippen molar-refractivity contribution in [1.82, 2.24) is 17.5 Å². The van der Waals surface area contributed by atoms with E-state index in [-0.39, 0.29) is 11.6 Å². The summed E-state index contributed by atoms with van der Waals surface area (Å²) in [5, 5.41) is 0. The molecule has 5 rings (SSSR count). The highest BCUT2D eigenvalue weighted by atomic mass is 32.1. The maximum atomic E-state index is 12.9. The summed E-state index contributed by atoms with van der Waals surface area (Å²) in [7, 11) is 0. The zero-order valence-electron chi connectivity index (χ0n) is 10.7. The van der Waals surface area contributed by atoms with Crippen LogP contribution in [0.5, 0.6) is 0 Å². The third kappa shape index (κ3) is 1.33. The number of carbonyl (C=O) groups excluding carboxylic acids is 2. The minimum absolute atomic E-state index is 0.210. The molecule has 1 aliphatic carbocycles. The molecule has 2 aromatic carbocycles. The lowest BCUT2D eigenvalue weighted by Gasteiger charge is -2.17. The van der Waals surface area contributed by atoms with Crippen molar-refractivity contribution in [2.75, 3.05) is 0 Å². The highest BCUT2D eigenvalue weighted by Gasteiger charge is 2.34. The molecule has 2 heterocycles. The summed E-state index contributed by atoms with van der Waals surface area (Å²) >= 11 is 2.06. The predicted octanol–water partition coefficient (Wildman–Crippen LogP) is 2.47. The summed E-state index contributed by atoms with van der Waals surface area (Å²) in [6.07, 6.45) is 0. The van der Waals surface area contributed by atoms with Crippen molar-refractivity contribution in [3.63, 3.8) is 0 Å². The van der Waals surface area contributed by atoms with Crippen LogP contribution in [-0.4, -0.2) is 29.1 Å². The number of hydrogen-bond acceptors (Lipinski definition) is 8. The minimum Gasteiger partial charge on any atom is -0.288 e. The number of benzene rings is 2. The first-order chi connectivity index (χ1) is 10.8. The smallest absolute Gasteiger partial charge is 0.196 e. The number of fused-ring (bicyclic) bond motifs is 6. The lowest BCUT2D eigenvalue weighted by atomic mass is 9.83. The van der Waals surface area contributed by atoms with Crippen molar-refractivity contribution in [1.29, 1.82) is 0 Å². The maximum absolute atomic E-state index is 12.9. The van der Waals surface area contributed by atoms with Crippen LogP contribution in [0.4, 0.5) is 0 Å². The fourth-order valence-electron chi connectivity index (χ4n) is 2.81. The normalized spacial score (nSPS) is 13.6. The fraction of sp³-hybridized carbons (Fsp3) is 0. The molecule has 0 N–H and O–H groups in total. The average Bonchev–Trinajstić information content (AvgIpc) is 3.18. The van der Waals surface area contributed by atoms with Crippen LogP contribution in [0.25, 0.3) is 22.1 Å². The summed E-state index contributed by atoms with van der Waals surface area (Å²) < 4.78 is 16.6. The molecule has 0 aliphatic heterocycles. The molecule has 0 saturated heterocycles. The first-order valence-electron chi connectivity index (χ1n) is 6.35. The number of aromatic nitrogens is 4. The van der Waals surface area contributed by atoms with Gasteiger partial charge in [0.15, 0.2) is 11.6 Å². The van der Waals surface area contributed by atoms with E-state index in [1.807, 2.05) is 0 Å². The Labute approximate surface area is 131 Å². The Balaban J connectivity index is 1.94. The summed E-state index contributed by atoms with van der Waals surface area (Å²) in [6.45, 7) is 0. The molecular formula is C14H4N4O2S2. The molecule has 2 aromatic heterocycles. The summed E-state index contributed by atoms with van der Waals surface area (Å²) in [6, 6.07) is 6.71. The lowest BCUT2D eigenvalue weighted by Crippen LogP contribution is -2.21. The van der Waals surface area contributed by atoms with Crippen LogP contribution >= 0.6 is 23.5 Å². The summed E-state index contributed by atoms with van der Waals surface area (Å²) in [5.74, 6) is -0.421. The van der Waals surface area contributed by atoms with Gasteiger partial charge in [0.1, 0.15) is 22.1 Å². The third-order valence-corrected chi connectivity index (χ3v) is 4.88. The van der Waals surface area contributed by atoms with Gasteiger partial charge < -0.3 is 0 Å². The van der Waals surface area contributed by atoms with Crippen molar-refractivity contribution in [3.05, 3.63) is 46.5 Å². The molecule has 22 heavy (non-hydrogen) atoms. The second-order valence-corrected chi connectivity index (χ2v) is 5.96. The first-order valence-corrected chi connectivity index (χ1v) is 7.81. The minimum atomic E-state index is -0.210. The molecule has 0 saturated carbocycles. The molecule has 4 aromatic rings. The van der Waals surface area contributed by atoms with Gasteiger partial charge in [-0.2, -0.15) is 17.5 Å². The van der Waals surface area contributed by atoms with Crippen molar-refractivity contribution < 1.29 is 9.59 Å². The van der Waals surface area contributed by atoms with Crippen LogP contribution < -0.4 is 0 Å². The average molecular weight is 324 g/mol. The van der Waals surface area contributed by atoms with Gasteiger partial charge in [0, 0.05) is 11.1 Å². The second kappa shape index (κ2) is 3.99. The second-order valence-electron chi connectivity index (χ2n) is 4.90. The number of nitrogens with zero attached hydrogens (tertiary/aromatic N) is 4. The predicted molar refractivity (Wildman–Crippen MR) is 81.7 cm³/mol. The number of hydrogen-bond donors (Lipinski definition) is 0. The van der Waals surface area contributed by atoms with Crippen LogP contribution in [0.1, 0.15) is 31.8 Å². The van der Waals surface area contributed by atoms with E-state index in [9.17, 15) is 9.59 Å². The van der Waals surface area contributed by atoms with Crippen LogP contribution in [0.15, 0.2) is 24.3 Å². The molecule has 104 valence electrons. The van der Waals surface area contributed by atoms with Crippen LogP contribution in [-0.2, 0) is 0 Å². The fourth-order valence-corrected chi connectivity index (χ4v) is 3.90. The molecule has 1 aliphatic rings. The molecule has 8 heteroatoms. The lowest BCUT2D eigenvalue weighted by molar-refractivity contribution is 0.0981. The Hall–Kier alpha value is -2.58. The molecule has 0 fully saturated rings. The highest BCUT2D eigenvalue weighted by Crippen LogP contribution is 2.34. The SMILES string of the molecule is O=C1c2ccc3nsnc3c2C(=O)c2ccc3nsnc3c21. The van der Waals surface area contributed by atoms with E-state index >= 15 is 0 Å². The number of rotatable bonds is 0. The Morgan fingerprint density at radius 3 is 1.55 bits per heavy atom. The first kappa shape index (κ1) is 12.0. The van der Waals surface area contributed by atoms with Crippen molar-refractivity contribution in [2.45, 2.75) is 0 Å². The number of ketones is 2. The van der Waals surface area contributed by atoms with E-state index in [0.717, 1.165) is 23.5 Å². The van der Waals surface area contributed by atoms with E-state index in [0.29, 0.717) is 44.3 Å². The Morgan fingerprint density at radius 2 is 1.09 bits per heavy atom. The van der Waals surface area contributed by atoms with E-state index < -0.39 is 0 Å². The van der Waals surface area contributed by atoms with Gasteiger partial charge in [0.05, 0.1) is 34.6 Å². The number of carbonyl (C=O) groups is 2. The summed E-state index contributed by atoms with van der Waals surface area (Å²) in [5.41, 5.74) is 3.63. The van der Waals surface area contributed by atoms with Crippen molar-refractivity contribution >= 4 is 57.1 Å². The van der Waals surface area contributed by atoms with Crippen molar-refractivity contribution in [3.8, 4) is 0 Å². The molecule has 0 radical (unpaired) electrons. The molecule has 0 amide bonds. The molecule has 0 unspecified atom stereocenters. The Kier molecular flexibility index (Phi) is 2.18. The van der Waals surface area contributed by atoms with Crippen LogP contribution in [0.2, 0.25) is 0 Å². The molecule has 6 nitrogen and oxygen atoms in total. The van der Waals surface area contributed by atoms with E-state index in [1.165, 1.54) is 0 Å². The topological polar surface area (TPSA) is 85.7 Å². The molecular weight excluding hydrogens is 320 g/mol. The van der Waals surface area contributed by atoms with Crippen molar-refractivity contribution in [2.24, 2.45) is 0 Å². The van der Waals surface area contributed by atoms with Gasteiger partial charge in [-0.1, -0.05) is 0 Å². The van der Waals surface area contributed by atoms with Crippen LogP contribution in [0.3, 0.4) is 0 Å². The van der Waals surface area contributed by atoms with Gasteiger partial charge in [-0.25, -0.2) is 0 Å². The quantitative estimate of drug-likeness (QED) is 0.435. The standard InChI is InChI=1S/C14H4N4O2S2/c19-13-5-1-3-7-11(17-21-15-7)9(5)14(20)6-2-4-8-12(10(6)13)18-22-16-8/h1-4H. The highest BCUT2D eigenvalue weighted by molar-refractivity contribution is 7.00. The largest absolute Gasteiger partial charge is 0.288 e. The van der Waals surface area contributed by atoms with E-state index in [4.69, 9.17) is 0 Å². The van der Waals surface area contributed by atoms with Gasteiger partial charge in [-0.3, -0.25) is 9.59 Å². The van der Waals surface area contributed by atoms with Crippen LogP contribution in [0, 0.1) is 0 Å². The maximum Gasteiger partial charge on any atom is 0.196 e. The summed E-state index contributed by atoms with van der Waals surface area (Å²) in [4.78, 5) is 25.7. The Bertz CT molecular complexity index is 1040. The van der Waals surface area contributed by atoms with Gasteiger partial charge in [-0.05, 0) is 24.3 Å². The van der Waals surface area contributed by atoms with Gasteiger partial charge in [0.25, 0.3) is 0 Å². The molecule has 0 atom stereocenters. The molecule has 0 bridgehead atoms.